The first-order valence-electron chi connectivity index (χ1n) is 5.44. The van der Waals surface area contributed by atoms with Crippen LogP contribution >= 0.6 is 33.9 Å². The fourth-order valence-corrected chi connectivity index (χ4v) is 2.58. The van der Waals surface area contributed by atoms with Gasteiger partial charge in [-0.25, -0.2) is 4.98 Å². The molecule has 8 heteroatoms. The lowest BCUT2D eigenvalue weighted by molar-refractivity contribution is -0.137. The van der Waals surface area contributed by atoms with Crippen LogP contribution in [0.5, 0.6) is 0 Å². The summed E-state index contributed by atoms with van der Waals surface area (Å²) in [5.41, 5.74) is 2.76. The summed E-state index contributed by atoms with van der Waals surface area (Å²) in [4.78, 5) is 4.10. The Kier molecular flexibility index (Phi) is 4.63. The van der Waals surface area contributed by atoms with Crippen molar-refractivity contribution in [2.75, 3.05) is 5.43 Å². The summed E-state index contributed by atoms with van der Waals surface area (Å²) in [5.74, 6) is 0. The van der Waals surface area contributed by atoms with Gasteiger partial charge in [0.1, 0.15) is 0 Å². The van der Waals surface area contributed by atoms with E-state index < -0.39 is 11.7 Å². The third kappa shape index (κ3) is 3.92. The van der Waals surface area contributed by atoms with Gasteiger partial charge in [-0.15, -0.1) is 11.3 Å². The zero-order chi connectivity index (χ0) is 14.8. The van der Waals surface area contributed by atoms with Crippen LogP contribution in [0.3, 0.4) is 0 Å². The van der Waals surface area contributed by atoms with Crippen LogP contribution in [0, 0.1) is 10.5 Å². The largest absolute Gasteiger partial charge is 0.417 e. The van der Waals surface area contributed by atoms with Gasteiger partial charge in [0.2, 0.25) is 5.13 Å². The highest BCUT2D eigenvalue weighted by molar-refractivity contribution is 14.1. The maximum Gasteiger partial charge on any atom is 0.417 e. The van der Waals surface area contributed by atoms with Crippen LogP contribution in [-0.2, 0) is 6.18 Å². The average Bonchev–Trinajstić information content (AvgIpc) is 2.76. The number of hydrazone groups is 1. The third-order valence-electron chi connectivity index (χ3n) is 2.30. The number of nitrogens with zero attached hydrogens (tertiary/aromatic N) is 2. The Bertz CT molecular complexity index is 637. The highest BCUT2D eigenvalue weighted by Gasteiger charge is 2.33. The van der Waals surface area contributed by atoms with E-state index in [9.17, 15) is 13.2 Å². The lowest BCUT2D eigenvalue weighted by atomic mass is 10.1. The van der Waals surface area contributed by atoms with Crippen LogP contribution in [0.25, 0.3) is 0 Å². The zero-order valence-corrected chi connectivity index (χ0v) is 13.2. The smallest absolute Gasteiger partial charge is 0.253 e. The number of aryl methyl sites for hydroxylation is 1. The Labute approximate surface area is 131 Å². The number of hydrogen-bond donors (Lipinski definition) is 1. The van der Waals surface area contributed by atoms with Gasteiger partial charge in [-0.05, 0) is 41.6 Å². The van der Waals surface area contributed by atoms with Crippen molar-refractivity contribution in [3.05, 3.63) is 44.0 Å². The molecule has 3 nitrogen and oxygen atoms in total. The van der Waals surface area contributed by atoms with Gasteiger partial charge in [-0.2, -0.15) is 18.3 Å². The molecule has 0 saturated carbocycles. The Morgan fingerprint density at radius 1 is 1.40 bits per heavy atom. The summed E-state index contributed by atoms with van der Waals surface area (Å²) in [7, 11) is 0. The van der Waals surface area contributed by atoms with E-state index in [4.69, 9.17) is 0 Å². The normalized spacial score (nSPS) is 12.1. The van der Waals surface area contributed by atoms with E-state index in [0.717, 1.165) is 18.0 Å². The van der Waals surface area contributed by atoms with Crippen molar-refractivity contribution in [3.63, 3.8) is 0 Å². The average molecular weight is 411 g/mol. The summed E-state index contributed by atoms with van der Waals surface area (Å²) in [6.07, 6.45) is -3.25. The SMILES string of the molecule is Cc1csc(NN=Cc2ccc(I)cc2C(F)(F)F)n1. The summed E-state index contributed by atoms with van der Waals surface area (Å²) < 4.78 is 39.2. The number of alkyl halides is 3. The maximum absolute atomic E-state index is 12.9. The van der Waals surface area contributed by atoms with Crippen molar-refractivity contribution in [2.45, 2.75) is 13.1 Å². The molecule has 0 saturated heterocycles. The summed E-state index contributed by atoms with van der Waals surface area (Å²) in [6, 6.07) is 4.09. The molecule has 0 amide bonds. The van der Waals surface area contributed by atoms with Crippen LogP contribution in [0.15, 0.2) is 28.7 Å². The maximum atomic E-state index is 12.9. The van der Waals surface area contributed by atoms with Crippen molar-refractivity contribution >= 4 is 45.3 Å². The predicted molar refractivity (Wildman–Crippen MR) is 82.2 cm³/mol. The third-order valence-corrected chi connectivity index (χ3v) is 3.84. The molecule has 0 atom stereocenters. The van der Waals surface area contributed by atoms with Crippen LogP contribution in [0.4, 0.5) is 18.3 Å². The number of nitrogens with one attached hydrogen (secondary N) is 1. The molecular weight excluding hydrogens is 402 g/mol. The van der Waals surface area contributed by atoms with Gasteiger partial charge in [0.25, 0.3) is 0 Å². The topological polar surface area (TPSA) is 37.3 Å². The van der Waals surface area contributed by atoms with Gasteiger partial charge in [-0.1, -0.05) is 6.07 Å². The molecule has 0 radical (unpaired) electrons. The molecule has 106 valence electrons. The second-order valence-corrected chi connectivity index (χ2v) is 6.00. The summed E-state index contributed by atoms with van der Waals surface area (Å²) >= 11 is 3.18. The summed E-state index contributed by atoms with van der Waals surface area (Å²) in [5, 5.41) is 6.16. The lowest BCUT2D eigenvalue weighted by Gasteiger charge is -2.10. The van der Waals surface area contributed by atoms with Crippen LogP contribution in [-0.4, -0.2) is 11.2 Å². The van der Waals surface area contributed by atoms with Gasteiger partial charge < -0.3 is 0 Å². The predicted octanol–water partition coefficient (Wildman–Crippen LogP) is 4.52. The highest BCUT2D eigenvalue weighted by Crippen LogP contribution is 2.32. The quantitative estimate of drug-likeness (QED) is 0.458. The first kappa shape index (κ1) is 15.2. The van der Waals surface area contributed by atoms with Crippen LogP contribution in [0.2, 0.25) is 0 Å². The number of halogens is 4. The minimum Gasteiger partial charge on any atom is -0.253 e. The van der Waals surface area contributed by atoms with E-state index in [0.29, 0.717) is 8.70 Å². The Morgan fingerprint density at radius 2 is 2.15 bits per heavy atom. The molecular formula is C12H9F3IN3S. The fourth-order valence-electron chi connectivity index (χ4n) is 1.45. The molecule has 1 aromatic carbocycles. The second-order valence-electron chi connectivity index (χ2n) is 3.89. The van der Waals surface area contributed by atoms with Gasteiger partial charge >= 0.3 is 6.18 Å². The molecule has 0 spiro atoms. The molecule has 0 aliphatic rings. The Balaban J connectivity index is 2.20. The van der Waals surface area contributed by atoms with Crippen molar-refractivity contribution in [3.8, 4) is 0 Å². The second kappa shape index (κ2) is 6.08. The molecule has 20 heavy (non-hydrogen) atoms. The minimum atomic E-state index is -4.40. The number of hydrogen-bond acceptors (Lipinski definition) is 4. The molecule has 1 aromatic heterocycles. The van der Waals surface area contributed by atoms with Crippen molar-refractivity contribution < 1.29 is 13.2 Å². The van der Waals surface area contributed by atoms with E-state index in [1.165, 1.54) is 17.4 Å². The molecule has 2 aromatic rings. The van der Waals surface area contributed by atoms with Gasteiger partial charge in [0.05, 0.1) is 17.5 Å². The molecule has 2 rings (SSSR count). The molecule has 0 aliphatic heterocycles. The lowest BCUT2D eigenvalue weighted by Crippen LogP contribution is -2.09. The molecule has 0 unspecified atom stereocenters. The number of benzene rings is 1. The van der Waals surface area contributed by atoms with Crippen molar-refractivity contribution in [1.82, 2.24) is 4.98 Å². The van der Waals surface area contributed by atoms with Crippen molar-refractivity contribution in [2.24, 2.45) is 5.10 Å². The molecule has 0 fully saturated rings. The zero-order valence-electron chi connectivity index (χ0n) is 10.2. The van der Waals surface area contributed by atoms with Crippen LogP contribution < -0.4 is 5.43 Å². The van der Waals surface area contributed by atoms with E-state index in [2.05, 4.69) is 15.5 Å². The first-order chi connectivity index (χ1) is 9.36. The number of aromatic nitrogens is 1. The minimum absolute atomic E-state index is 0.0127. The van der Waals surface area contributed by atoms with E-state index in [1.54, 1.807) is 6.07 Å². The number of rotatable bonds is 3. The van der Waals surface area contributed by atoms with E-state index in [1.807, 2.05) is 34.9 Å². The Hall–Kier alpha value is -1.16. The molecule has 1 heterocycles. The first-order valence-corrected chi connectivity index (χ1v) is 7.40. The van der Waals surface area contributed by atoms with E-state index >= 15 is 0 Å². The highest BCUT2D eigenvalue weighted by atomic mass is 127. The molecule has 0 aliphatic carbocycles. The van der Waals surface area contributed by atoms with Crippen LogP contribution in [0.1, 0.15) is 16.8 Å². The standard InChI is InChI=1S/C12H9F3IN3S/c1-7-6-20-11(18-7)19-17-5-8-2-3-9(16)4-10(8)12(13,14)15/h2-6H,1H3,(H,18,19). The van der Waals surface area contributed by atoms with E-state index in [-0.39, 0.29) is 5.56 Å². The number of thiazole rings is 1. The van der Waals surface area contributed by atoms with Gasteiger partial charge in [0, 0.05) is 14.5 Å². The summed E-state index contributed by atoms with van der Waals surface area (Å²) in [6.45, 7) is 1.83. The number of anilines is 1. The fraction of sp³-hybridized carbons (Fsp3) is 0.167. The monoisotopic (exact) mass is 411 g/mol. The molecule has 1 N–H and O–H groups in total. The Morgan fingerprint density at radius 3 is 2.75 bits per heavy atom. The van der Waals surface area contributed by atoms with Gasteiger partial charge in [-0.3, -0.25) is 5.43 Å². The van der Waals surface area contributed by atoms with Gasteiger partial charge in [0.15, 0.2) is 0 Å². The van der Waals surface area contributed by atoms with Crippen molar-refractivity contribution in [1.29, 1.82) is 0 Å². The molecule has 0 bridgehead atoms.